The Balaban J connectivity index is 1.64. The lowest BCUT2D eigenvalue weighted by Crippen LogP contribution is -2.34. The average molecular weight is 425 g/mol. The molecule has 10 nitrogen and oxygen atoms in total. The molecule has 1 aromatic heterocycles. The second kappa shape index (κ2) is 9.72. The molecular formula is C21H23N5O5. The van der Waals surface area contributed by atoms with E-state index in [1.165, 1.54) is 12.0 Å². The van der Waals surface area contributed by atoms with Crippen LogP contribution in [0.2, 0.25) is 0 Å². The largest absolute Gasteiger partial charge is 0.417 e. The molecular weight excluding hydrogens is 402 g/mol. The number of carbonyl (C=O) groups is 2. The summed E-state index contributed by atoms with van der Waals surface area (Å²) < 4.78 is 10.1. The van der Waals surface area contributed by atoms with Crippen molar-refractivity contribution in [3.8, 4) is 0 Å². The molecule has 0 bridgehead atoms. The molecule has 0 aliphatic carbocycles. The zero-order chi connectivity index (χ0) is 22.4. The van der Waals surface area contributed by atoms with Crippen molar-refractivity contribution in [2.45, 2.75) is 12.8 Å². The number of carbonyl (C=O) groups excluding carboxylic acids is 2. The molecule has 1 heterocycles. The number of ether oxygens (including phenoxy) is 1. The van der Waals surface area contributed by atoms with Gasteiger partial charge < -0.3 is 25.1 Å². The smallest absolute Gasteiger partial charge is 0.408 e. The van der Waals surface area contributed by atoms with Crippen molar-refractivity contribution in [1.82, 2.24) is 4.98 Å². The van der Waals surface area contributed by atoms with E-state index in [9.17, 15) is 14.4 Å². The van der Waals surface area contributed by atoms with Gasteiger partial charge in [0, 0.05) is 43.4 Å². The molecule has 0 spiro atoms. The van der Waals surface area contributed by atoms with Gasteiger partial charge in [-0.3, -0.25) is 20.0 Å². The number of methoxy groups -OCH3 is 1. The number of hydrogen-bond donors (Lipinski definition) is 4. The molecule has 2 amide bonds. The van der Waals surface area contributed by atoms with Crippen LogP contribution in [0.4, 0.5) is 11.4 Å². The number of anilines is 2. The zero-order valence-corrected chi connectivity index (χ0v) is 16.9. The predicted octanol–water partition coefficient (Wildman–Crippen LogP) is 1.80. The molecule has 162 valence electrons. The maximum absolute atomic E-state index is 12.8. The Morgan fingerprint density at radius 1 is 1.19 bits per heavy atom. The SMILES string of the molecule is COCCN(C(=O)CCC(=O)Nc1ccc(C(=N)N)cc1)c1ccc2oc(=O)[nH]c2c1. The second-order valence-corrected chi connectivity index (χ2v) is 6.77. The highest BCUT2D eigenvalue weighted by Crippen LogP contribution is 2.21. The number of rotatable bonds is 9. The number of amides is 2. The molecule has 0 saturated carbocycles. The van der Waals surface area contributed by atoms with Crippen LogP contribution in [0.15, 0.2) is 51.7 Å². The van der Waals surface area contributed by atoms with Gasteiger partial charge in [-0.1, -0.05) is 0 Å². The minimum absolute atomic E-state index is 0.0123. The monoisotopic (exact) mass is 425 g/mol. The highest BCUT2D eigenvalue weighted by Gasteiger charge is 2.18. The van der Waals surface area contributed by atoms with Gasteiger partial charge in [0.1, 0.15) is 5.84 Å². The molecule has 0 unspecified atom stereocenters. The van der Waals surface area contributed by atoms with Crippen LogP contribution in [0.3, 0.4) is 0 Å². The van der Waals surface area contributed by atoms with Crippen LogP contribution in [-0.2, 0) is 14.3 Å². The number of nitrogens with zero attached hydrogens (tertiary/aromatic N) is 1. The first-order chi connectivity index (χ1) is 14.9. The molecule has 0 radical (unpaired) electrons. The van der Waals surface area contributed by atoms with Crippen LogP contribution in [-0.4, -0.2) is 42.9 Å². The number of fused-ring (bicyclic) bond motifs is 1. The maximum atomic E-state index is 12.8. The second-order valence-electron chi connectivity index (χ2n) is 6.77. The lowest BCUT2D eigenvalue weighted by Gasteiger charge is -2.22. The van der Waals surface area contributed by atoms with E-state index >= 15 is 0 Å². The third-order valence-corrected chi connectivity index (χ3v) is 4.58. The van der Waals surface area contributed by atoms with Gasteiger partial charge in [0.15, 0.2) is 5.58 Å². The Morgan fingerprint density at radius 3 is 2.61 bits per heavy atom. The zero-order valence-electron chi connectivity index (χ0n) is 16.9. The molecule has 5 N–H and O–H groups in total. The van der Waals surface area contributed by atoms with Crippen LogP contribution < -0.4 is 21.7 Å². The van der Waals surface area contributed by atoms with Gasteiger partial charge >= 0.3 is 5.76 Å². The fraction of sp³-hybridized carbons (Fsp3) is 0.238. The van der Waals surface area contributed by atoms with Crippen LogP contribution in [0, 0.1) is 5.41 Å². The van der Waals surface area contributed by atoms with Gasteiger partial charge in [-0.25, -0.2) is 4.79 Å². The van der Waals surface area contributed by atoms with Gasteiger partial charge in [-0.2, -0.15) is 0 Å². The first-order valence-corrected chi connectivity index (χ1v) is 9.54. The molecule has 0 aliphatic heterocycles. The van der Waals surface area contributed by atoms with E-state index in [0.29, 0.717) is 34.6 Å². The molecule has 0 aliphatic rings. The minimum Gasteiger partial charge on any atom is -0.408 e. The Hall–Kier alpha value is -3.92. The standard InChI is InChI=1S/C21H23N5O5/c1-30-11-10-26(15-6-7-17-16(12-15)25-21(29)31-17)19(28)9-8-18(27)24-14-4-2-13(3-5-14)20(22)23/h2-7,12H,8-11H2,1H3,(H3,22,23)(H,24,27)(H,25,29). The number of nitrogen functional groups attached to an aromatic ring is 1. The first kappa shape index (κ1) is 21.8. The summed E-state index contributed by atoms with van der Waals surface area (Å²) in [6.07, 6.45) is -0.0252. The highest BCUT2D eigenvalue weighted by molar-refractivity contribution is 5.99. The fourth-order valence-electron chi connectivity index (χ4n) is 3.00. The van der Waals surface area contributed by atoms with E-state index in [0.717, 1.165) is 0 Å². The number of H-pyrrole nitrogens is 1. The van der Waals surface area contributed by atoms with Gasteiger partial charge in [0.25, 0.3) is 0 Å². The van der Waals surface area contributed by atoms with Crippen LogP contribution in [0.1, 0.15) is 18.4 Å². The number of benzene rings is 2. The van der Waals surface area contributed by atoms with Crippen LogP contribution >= 0.6 is 0 Å². The van der Waals surface area contributed by atoms with E-state index in [1.54, 1.807) is 42.5 Å². The summed E-state index contributed by atoms with van der Waals surface area (Å²) in [5.41, 5.74) is 7.94. The maximum Gasteiger partial charge on any atom is 0.417 e. The average Bonchev–Trinajstić information content (AvgIpc) is 3.12. The summed E-state index contributed by atoms with van der Waals surface area (Å²) in [7, 11) is 1.53. The lowest BCUT2D eigenvalue weighted by molar-refractivity contribution is -0.122. The van der Waals surface area contributed by atoms with Gasteiger partial charge in [0.05, 0.1) is 12.1 Å². The minimum atomic E-state index is -0.574. The summed E-state index contributed by atoms with van der Waals surface area (Å²) in [5.74, 6) is -1.21. The van der Waals surface area contributed by atoms with Crippen molar-refractivity contribution in [3.05, 3.63) is 58.6 Å². The predicted molar refractivity (Wildman–Crippen MR) is 116 cm³/mol. The quantitative estimate of drug-likeness (QED) is 0.303. The Labute approximate surface area is 177 Å². The summed E-state index contributed by atoms with van der Waals surface area (Å²) in [5, 5.41) is 10.1. The Kier molecular flexibility index (Phi) is 6.83. The number of nitrogens with two attached hydrogens (primary N) is 1. The topological polar surface area (TPSA) is 155 Å². The molecule has 0 atom stereocenters. The van der Waals surface area contributed by atoms with Crippen molar-refractivity contribution in [2.75, 3.05) is 30.5 Å². The van der Waals surface area contributed by atoms with Crippen molar-refractivity contribution < 1.29 is 18.7 Å². The van der Waals surface area contributed by atoms with Crippen molar-refractivity contribution >= 4 is 40.1 Å². The lowest BCUT2D eigenvalue weighted by atomic mass is 10.2. The summed E-state index contributed by atoms with van der Waals surface area (Å²) >= 11 is 0. The molecule has 10 heteroatoms. The van der Waals surface area contributed by atoms with E-state index in [2.05, 4.69) is 10.3 Å². The number of hydrogen-bond acceptors (Lipinski definition) is 6. The van der Waals surface area contributed by atoms with Crippen molar-refractivity contribution in [1.29, 1.82) is 5.41 Å². The van der Waals surface area contributed by atoms with Gasteiger partial charge in [0.2, 0.25) is 11.8 Å². The number of aromatic nitrogens is 1. The van der Waals surface area contributed by atoms with Gasteiger partial charge in [-0.05, 0) is 42.5 Å². The molecule has 3 rings (SSSR count). The third kappa shape index (κ3) is 5.58. The highest BCUT2D eigenvalue weighted by atomic mass is 16.5. The summed E-state index contributed by atoms with van der Waals surface area (Å²) in [4.78, 5) is 40.5. The number of nitrogens with one attached hydrogen (secondary N) is 3. The van der Waals surface area contributed by atoms with Crippen molar-refractivity contribution in [2.24, 2.45) is 5.73 Å². The molecule has 31 heavy (non-hydrogen) atoms. The molecule has 2 aromatic carbocycles. The molecule has 3 aromatic rings. The van der Waals surface area contributed by atoms with E-state index < -0.39 is 5.76 Å². The number of amidine groups is 1. The third-order valence-electron chi connectivity index (χ3n) is 4.58. The fourth-order valence-corrected chi connectivity index (χ4v) is 3.00. The van der Waals surface area contributed by atoms with Gasteiger partial charge in [-0.15, -0.1) is 0 Å². The number of aromatic amines is 1. The van der Waals surface area contributed by atoms with Crippen LogP contribution in [0.25, 0.3) is 11.1 Å². The first-order valence-electron chi connectivity index (χ1n) is 9.54. The Bertz CT molecular complexity index is 1150. The number of oxazole rings is 1. The van der Waals surface area contributed by atoms with Crippen molar-refractivity contribution in [3.63, 3.8) is 0 Å². The van der Waals surface area contributed by atoms with Crippen LogP contribution in [0.5, 0.6) is 0 Å². The van der Waals surface area contributed by atoms with E-state index in [1.807, 2.05) is 0 Å². The van der Waals surface area contributed by atoms with E-state index in [-0.39, 0.29) is 37.0 Å². The Morgan fingerprint density at radius 2 is 1.94 bits per heavy atom. The van der Waals surface area contributed by atoms with E-state index in [4.69, 9.17) is 20.3 Å². The summed E-state index contributed by atoms with van der Waals surface area (Å²) in [6.45, 7) is 0.595. The summed E-state index contributed by atoms with van der Waals surface area (Å²) in [6, 6.07) is 11.5. The molecule has 0 fully saturated rings. The normalized spacial score (nSPS) is 10.7. The molecule has 0 saturated heterocycles.